The molecule has 1 aromatic carbocycles. The van der Waals surface area contributed by atoms with Crippen LogP contribution in [0.5, 0.6) is 0 Å². The summed E-state index contributed by atoms with van der Waals surface area (Å²) in [6.45, 7) is 0.379. The van der Waals surface area contributed by atoms with Crippen molar-refractivity contribution in [2.45, 2.75) is 12.8 Å². The second-order valence-electron chi connectivity index (χ2n) is 6.47. The zero-order valence-electron chi connectivity index (χ0n) is 15.1. The maximum Gasteiger partial charge on any atom is 0.311 e. The number of hydrogen-bond acceptors (Lipinski definition) is 5. The number of amides is 2. The van der Waals surface area contributed by atoms with Crippen LogP contribution in [0.25, 0.3) is 0 Å². The Labute approximate surface area is 186 Å². The highest BCUT2D eigenvalue weighted by atomic mass is 35.5. The first-order chi connectivity index (χ1) is 13.8. The number of likely N-dealkylation sites (tertiary alicyclic amines) is 1. The van der Waals surface area contributed by atoms with Crippen molar-refractivity contribution >= 4 is 69.6 Å². The van der Waals surface area contributed by atoms with Gasteiger partial charge in [-0.2, -0.15) is 0 Å². The third-order valence-electron chi connectivity index (χ3n) is 4.39. The van der Waals surface area contributed by atoms with E-state index in [1.165, 1.54) is 23.5 Å². The molecule has 3 rings (SSSR count). The minimum atomic E-state index is -0.577. The van der Waals surface area contributed by atoms with Gasteiger partial charge in [0, 0.05) is 18.1 Å². The van der Waals surface area contributed by atoms with Crippen LogP contribution in [-0.2, 0) is 14.3 Å². The molecule has 1 aliphatic heterocycles. The van der Waals surface area contributed by atoms with E-state index in [1.54, 1.807) is 11.0 Å². The fraction of sp³-hybridized carbons (Fsp3) is 0.316. The van der Waals surface area contributed by atoms with E-state index >= 15 is 0 Å². The Kier molecular flexibility index (Phi) is 7.40. The monoisotopic (exact) mass is 474 g/mol. The van der Waals surface area contributed by atoms with Crippen LogP contribution in [0.2, 0.25) is 15.1 Å². The second kappa shape index (κ2) is 9.80. The van der Waals surface area contributed by atoms with Crippen LogP contribution >= 0.6 is 46.1 Å². The first-order valence-corrected chi connectivity index (χ1v) is 10.8. The van der Waals surface area contributed by atoms with Gasteiger partial charge in [-0.05, 0) is 36.4 Å². The Morgan fingerprint density at radius 2 is 1.93 bits per heavy atom. The smallest absolute Gasteiger partial charge is 0.311 e. The molecule has 2 heterocycles. The lowest BCUT2D eigenvalue weighted by Crippen LogP contribution is -2.43. The van der Waals surface area contributed by atoms with Gasteiger partial charge in [0.05, 0.1) is 26.5 Å². The quantitative estimate of drug-likeness (QED) is 0.634. The number of piperidine rings is 1. The zero-order chi connectivity index (χ0) is 21.0. The molecular formula is C19H17Cl3N2O4S. The number of ether oxygens (including phenoxy) is 1. The number of thiophene rings is 1. The highest BCUT2D eigenvalue weighted by Crippen LogP contribution is 2.33. The maximum atomic E-state index is 12.5. The van der Waals surface area contributed by atoms with Gasteiger partial charge in [-0.3, -0.25) is 14.4 Å². The average molecular weight is 476 g/mol. The Hall–Kier alpha value is -1.80. The molecule has 0 bridgehead atoms. The lowest BCUT2D eigenvalue weighted by Gasteiger charge is -2.31. The first-order valence-electron chi connectivity index (χ1n) is 8.79. The lowest BCUT2D eigenvalue weighted by atomic mass is 9.98. The summed E-state index contributed by atoms with van der Waals surface area (Å²) in [7, 11) is 0. The summed E-state index contributed by atoms with van der Waals surface area (Å²) in [5.74, 6) is -1.66. The molecule has 2 amide bonds. The molecule has 0 spiro atoms. The number of hydrogen-bond donors (Lipinski definition) is 1. The SMILES string of the molecule is O=C(COC(=O)C1CCCN(C(=O)c2cccs2)C1)Nc1c(Cl)cc(Cl)cc1Cl. The number of esters is 1. The third kappa shape index (κ3) is 5.63. The summed E-state index contributed by atoms with van der Waals surface area (Å²) < 4.78 is 5.14. The molecule has 1 unspecified atom stereocenters. The molecule has 1 fully saturated rings. The summed E-state index contributed by atoms with van der Waals surface area (Å²) in [5.41, 5.74) is 0.198. The minimum Gasteiger partial charge on any atom is -0.455 e. The number of benzene rings is 1. The Morgan fingerprint density at radius 1 is 1.21 bits per heavy atom. The number of nitrogens with one attached hydrogen (secondary N) is 1. The molecule has 0 saturated carbocycles. The predicted octanol–water partition coefficient (Wildman–Crippen LogP) is 4.74. The van der Waals surface area contributed by atoms with Gasteiger partial charge in [0.25, 0.3) is 11.8 Å². The second-order valence-corrected chi connectivity index (χ2v) is 8.67. The van der Waals surface area contributed by atoms with Gasteiger partial charge in [0.15, 0.2) is 6.61 Å². The fourth-order valence-corrected chi connectivity index (χ4v) is 4.60. The summed E-state index contributed by atoms with van der Waals surface area (Å²) in [6, 6.07) is 6.45. The van der Waals surface area contributed by atoms with Gasteiger partial charge in [-0.25, -0.2) is 0 Å². The normalized spacial score (nSPS) is 16.4. The molecule has 0 radical (unpaired) electrons. The van der Waals surface area contributed by atoms with Crippen LogP contribution in [0.3, 0.4) is 0 Å². The zero-order valence-corrected chi connectivity index (χ0v) is 18.2. The van der Waals surface area contributed by atoms with Gasteiger partial charge in [0.1, 0.15) is 0 Å². The van der Waals surface area contributed by atoms with Crippen molar-refractivity contribution in [2.75, 3.05) is 25.0 Å². The highest BCUT2D eigenvalue weighted by molar-refractivity contribution is 7.12. The summed E-state index contributed by atoms with van der Waals surface area (Å²) in [6.07, 6.45) is 1.29. The highest BCUT2D eigenvalue weighted by Gasteiger charge is 2.30. The average Bonchev–Trinajstić information content (AvgIpc) is 3.23. The van der Waals surface area contributed by atoms with Gasteiger partial charge >= 0.3 is 5.97 Å². The Balaban J connectivity index is 1.52. The van der Waals surface area contributed by atoms with Crippen molar-refractivity contribution in [1.29, 1.82) is 0 Å². The van der Waals surface area contributed by atoms with Crippen LogP contribution in [0, 0.1) is 5.92 Å². The van der Waals surface area contributed by atoms with Crippen molar-refractivity contribution in [3.63, 3.8) is 0 Å². The van der Waals surface area contributed by atoms with Crippen LogP contribution in [0.15, 0.2) is 29.6 Å². The molecule has 1 saturated heterocycles. The first kappa shape index (κ1) is 21.9. The Bertz CT molecular complexity index is 897. The van der Waals surface area contributed by atoms with E-state index in [0.717, 1.165) is 0 Å². The number of halogens is 3. The van der Waals surface area contributed by atoms with Crippen molar-refractivity contribution < 1.29 is 19.1 Å². The van der Waals surface area contributed by atoms with E-state index in [4.69, 9.17) is 39.5 Å². The molecule has 1 atom stereocenters. The van der Waals surface area contributed by atoms with Gasteiger partial charge in [0.2, 0.25) is 0 Å². The summed E-state index contributed by atoms with van der Waals surface area (Å²) >= 11 is 19.2. The van der Waals surface area contributed by atoms with E-state index in [2.05, 4.69) is 5.32 Å². The summed E-state index contributed by atoms with van der Waals surface area (Å²) in [4.78, 5) is 39.2. The van der Waals surface area contributed by atoms with Crippen LogP contribution < -0.4 is 5.32 Å². The number of nitrogens with zero attached hydrogens (tertiary/aromatic N) is 1. The van der Waals surface area contributed by atoms with Gasteiger partial charge in [-0.1, -0.05) is 40.9 Å². The largest absolute Gasteiger partial charge is 0.455 e. The maximum absolute atomic E-state index is 12.5. The fourth-order valence-electron chi connectivity index (χ4n) is 3.00. The number of carbonyl (C=O) groups is 3. The molecule has 2 aromatic rings. The molecule has 6 nitrogen and oxygen atoms in total. The standard InChI is InChI=1S/C19H17Cl3N2O4S/c20-12-7-13(21)17(14(22)8-12)23-16(25)10-28-19(27)11-3-1-5-24(9-11)18(26)15-4-2-6-29-15/h2,4,6-8,11H,1,3,5,9-10H2,(H,23,25). The van der Waals surface area contributed by atoms with Gasteiger partial charge in [-0.15, -0.1) is 11.3 Å². The minimum absolute atomic E-state index is 0.0951. The van der Waals surface area contributed by atoms with E-state index in [9.17, 15) is 14.4 Å². The van der Waals surface area contributed by atoms with Crippen molar-refractivity contribution in [3.05, 3.63) is 49.6 Å². The van der Waals surface area contributed by atoms with Crippen LogP contribution in [0.4, 0.5) is 5.69 Å². The molecular weight excluding hydrogens is 459 g/mol. The Morgan fingerprint density at radius 3 is 2.59 bits per heavy atom. The van der Waals surface area contributed by atoms with Crippen molar-refractivity contribution in [1.82, 2.24) is 4.90 Å². The van der Waals surface area contributed by atoms with E-state index in [-0.39, 0.29) is 28.2 Å². The molecule has 1 aliphatic rings. The van der Waals surface area contributed by atoms with E-state index in [0.29, 0.717) is 29.3 Å². The number of anilines is 1. The van der Waals surface area contributed by atoms with Crippen molar-refractivity contribution in [3.8, 4) is 0 Å². The van der Waals surface area contributed by atoms with Crippen LogP contribution in [-0.4, -0.2) is 42.4 Å². The molecule has 154 valence electrons. The number of rotatable bonds is 5. The molecule has 0 aliphatic carbocycles. The van der Waals surface area contributed by atoms with Crippen LogP contribution in [0.1, 0.15) is 22.5 Å². The molecule has 1 aromatic heterocycles. The summed E-state index contributed by atoms with van der Waals surface area (Å²) in [5, 5.41) is 5.03. The molecule has 1 N–H and O–H groups in total. The molecule has 29 heavy (non-hydrogen) atoms. The predicted molar refractivity (Wildman–Crippen MR) is 114 cm³/mol. The lowest BCUT2D eigenvalue weighted by molar-refractivity contribution is -0.152. The van der Waals surface area contributed by atoms with E-state index < -0.39 is 24.4 Å². The number of carbonyl (C=O) groups excluding carboxylic acids is 3. The van der Waals surface area contributed by atoms with Crippen molar-refractivity contribution in [2.24, 2.45) is 5.92 Å². The molecule has 10 heteroatoms. The topological polar surface area (TPSA) is 75.7 Å². The third-order valence-corrected chi connectivity index (χ3v) is 6.06. The van der Waals surface area contributed by atoms with Gasteiger partial charge < -0.3 is 15.0 Å². The van der Waals surface area contributed by atoms with E-state index in [1.807, 2.05) is 11.4 Å².